The summed E-state index contributed by atoms with van der Waals surface area (Å²) in [6.45, 7) is 3.97. The van der Waals surface area contributed by atoms with Crippen LogP contribution in [0.4, 0.5) is 0 Å². The summed E-state index contributed by atoms with van der Waals surface area (Å²) < 4.78 is 10.6. The summed E-state index contributed by atoms with van der Waals surface area (Å²) in [5, 5.41) is 2.65. The van der Waals surface area contributed by atoms with Crippen molar-refractivity contribution in [2.75, 3.05) is 13.7 Å². The fourth-order valence-corrected chi connectivity index (χ4v) is 1.46. The fourth-order valence-electron chi connectivity index (χ4n) is 1.46. The van der Waals surface area contributed by atoms with Crippen molar-refractivity contribution in [3.05, 3.63) is 23.8 Å². The number of hydrogen-bond donors (Lipinski definition) is 1. The summed E-state index contributed by atoms with van der Waals surface area (Å²) in [6.07, 6.45) is -0.0255. The average molecular weight is 251 g/mol. The summed E-state index contributed by atoms with van der Waals surface area (Å²) in [6, 6.07) is 4.97. The molecule has 1 N–H and O–H groups in total. The first kappa shape index (κ1) is 14.0. The largest absolute Gasteiger partial charge is 0.493 e. The molecule has 5 nitrogen and oxygen atoms in total. The first-order valence-electron chi connectivity index (χ1n) is 5.70. The van der Waals surface area contributed by atoms with Gasteiger partial charge in [0.05, 0.1) is 12.7 Å². The van der Waals surface area contributed by atoms with E-state index >= 15 is 0 Å². The van der Waals surface area contributed by atoms with Crippen molar-refractivity contribution < 1.29 is 19.1 Å². The Kier molecular flexibility index (Phi) is 5.17. The van der Waals surface area contributed by atoms with Crippen LogP contribution in [-0.4, -0.2) is 32.0 Å². The molecule has 0 heterocycles. The van der Waals surface area contributed by atoms with E-state index < -0.39 is 6.10 Å². The van der Waals surface area contributed by atoms with Crippen LogP contribution in [-0.2, 0) is 4.79 Å². The van der Waals surface area contributed by atoms with Crippen LogP contribution in [0.15, 0.2) is 18.2 Å². The second kappa shape index (κ2) is 6.64. The van der Waals surface area contributed by atoms with E-state index in [9.17, 15) is 9.59 Å². The molecule has 0 spiro atoms. The molecule has 1 aromatic carbocycles. The van der Waals surface area contributed by atoms with E-state index in [-0.39, 0.29) is 11.7 Å². The SMILES string of the molecule is CCNC(=O)C(C)Oc1c(C=O)cccc1OC. The summed E-state index contributed by atoms with van der Waals surface area (Å²) in [4.78, 5) is 22.5. The van der Waals surface area contributed by atoms with E-state index in [0.717, 1.165) is 0 Å². The average Bonchev–Trinajstić information content (AvgIpc) is 2.39. The fraction of sp³-hybridized carbons (Fsp3) is 0.385. The molecule has 0 saturated carbocycles. The lowest BCUT2D eigenvalue weighted by atomic mass is 10.2. The first-order chi connectivity index (χ1) is 8.63. The lowest BCUT2D eigenvalue weighted by Crippen LogP contribution is -2.36. The van der Waals surface area contributed by atoms with E-state index in [2.05, 4.69) is 5.32 Å². The number of nitrogens with one attached hydrogen (secondary N) is 1. The number of hydrogen-bond acceptors (Lipinski definition) is 4. The molecule has 0 radical (unpaired) electrons. The van der Waals surface area contributed by atoms with Gasteiger partial charge in [-0.25, -0.2) is 0 Å². The van der Waals surface area contributed by atoms with Gasteiger partial charge in [-0.3, -0.25) is 9.59 Å². The van der Waals surface area contributed by atoms with Gasteiger partial charge in [0.15, 0.2) is 23.9 Å². The van der Waals surface area contributed by atoms with Gasteiger partial charge in [-0.2, -0.15) is 0 Å². The first-order valence-corrected chi connectivity index (χ1v) is 5.70. The number of amides is 1. The Balaban J connectivity index is 2.95. The molecule has 98 valence electrons. The third kappa shape index (κ3) is 3.23. The van der Waals surface area contributed by atoms with E-state index in [4.69, 9.17) is 9.47 Å². The lowest BCUT2D eigenvalue weighted by Gasteiger charge is -2.17. The zero-order valence-electron chi connectivity index (χ0n) is 10.7. The zero-order valence-corrected chi connectivity index (χ0v) is 10.7. The van der Waals surface area contributed by atoms with Gasteiger partial charge in [-0.1, -0.05) is 6.07 Å². The Morgan fingerprint density at radius 3 is 2.78 bits per heavy atom. The number of rotatable bonds is 6. The summed E-state index contributed by atoms with van der Waals surface area (Å²) in [5.41, 5.74) is 0.352. The number of likely N-dealkylation sites (N-methyl/N-ethyl adjacent to an activating group) is 1. The minimum Gasteiger partial charge on any atom is -0.493 e. The Bertz CT molecular complexity index is 431. The van der Waals surface area contributed by atoms with Crippen LogP contribution in [0.5, 0.6) is 11.5 Å². The molecule has 18 heavy (non-hydrogen) atoms. The van der Waals surface area contributed by atoms with Crippen molar-refractivity contribution >= 4 is 12.2 Å². The normalized spacial score (nSPS) is 11.5. The van der Waals surface area contributed by atoms with Gasteiger partial charge in [0.2, 0.25) is 0 Å². The third-order valence-corrected chi connectivity index (χ3v) is 2.37. The molecule has 1 unspecified atom stereocenters. The number of carbonyl (C=O) groups excluding carboxylic acids is 2. The second-order valence-corrected chi connectivity index (χ2v) is 3.65. The predicted molar refractivity (Wildman–Crippen MR) is 67.2 cm³/mol. The van der Waals surface area contributed by atoms with Crippen molar-refractivity contribution in [3.8, 4) is 11.5 Å². The molecular formula is C13H17NO4. The number of carbonyl (C=O) groups is 2. The molecule has 1 amide bonds. The zero-order chi connectivity index (χ0) is 13.5. The summed E-state index contributed by atoms with van der Waals surface area (Å²) in [5.74, 6) is 0.477. The number of para-hydroxylation sites is 1. The van der Waals surface area contributed by atoms with Gasteiger partial charge in [0.1, 0.15) is 0 Å². The van der Waals surface area contributed by atoms with E-state index in [1.807, 2.05) is 6.92 Å². The number of methoxy groups -OCH3 is 1. The van der Waals surface area contributed by atoms with Crippen molar-refractivity contribution in [1.29, 1.82) is 0 Å². The maximum Gasteiger partial charge on any atom is 0.260 e. The van der Waals surface area contributed by atoms with Crippen LogP contribution >= 0.6 is 0 Å². The van der Waals surface area contributed by atoms with Crippen molar-refractivity contribution in [2.45, 2.75) is 20.0 Å². The predicted octanol–water partition coefficient (Wildman–Crippen LogP) is 1.41. The van der Waals surface area contributed by atoms with Crippen LogP contribution in [0.25, 0.3) is 0 Å². The highest BCUT2D eigenvalue weighted by Crippen LogP contribution is 2.30. The standard InChI is InChI=1S/C13H17NO4/c1-4-14-13(16)9(2)18-12-10(8-15)6-5-7-11(12)17-3/h5-9H,4H2,1-3H3,(H,14,16). The Morgan fingerprint density at radius 2 is 2.22 bits per heavy atom. The number of ether oxygens (including phenoxy) is 2. The molecule has 0 aliphatic rings. The van der Waals surface area contributed by atoms with Gasteiger partial charge >= 0.3 is 0 Å². The molecule has 0 aromatic heterocycles. The molecule has 1 aromatic rings. The molecule has 0 saturated heterocycles. The van der Waals surface area contributed by atoms with E-state index in [1.54, 1.807) is 25.1 Å². The van der Waals surface area contributed by atoms with Gasteiger partial charge < -0.3 is 14.8 Å². The highest BCUT2D eigenvalue weighted by molar-refractivity contribution is 5.83. The van der Waals surface area contributed by atoms with Crippen LogP contribution in [0.3, 0.4) is 0 Å². The van der Waals surface area contributed by atoms with Gasteiger partial charge in [0, 0.05) is 6.54 Å². The smallest absolute Gasteiger partial charge is 0.260 e. The summed E-state index contributed by atoms with van der Waals surface area (Å²) in [7, 11) is 1.48. The molecule has 5 heteroatoms. The third-order valence-electron chi connectivity index (χ3n) is 2.37. The van der Waals surface area contributed by atoms with E-state index in [0.29, 0.717) is 24.1 Å². The number of aldehydes is 1. The monoisotopic (exact) mass is 251 g/mol. The summed E-state index contributed by atoms with van der Waals surface area (Å²) >= 11 is 0. The van der Waals surface area contributed by atoms with Gasteiger partial charge in [-0.15, -0.1) is 0 Å². The molecule has 0 bridgehead atoms. The molecule has 0 fully saturated rings. The van der Waals surface area contributed by atoms with Crippen LogP contribution in [0.2, 0.25) is 0 Å². The maximum absolute atomic E-state index is 11.6. The van der Waals surface area contributed by atoms with Gasteiger partial charge in [-0.05, 0) is 26.0 Å². The Labute approximate surface area is 106 Å². The molecule has 1 atom stereocenters. The van der Waals surface area contributed by atoms with Crippen molar-refractivity contribution in [3.63, 3.8) is 0 Å². The molecule has 0 aliphatic heterocycles. The van der Waals surface area contributed by atoms with Crippen molar-refractivity contribution in [1.82, 2.24) is 5.32 Å². The molecule has 0 aliphatic carbocycles. The minimum absolute atomic E-state index is 0.236. The minimum atomic E-state index is -0.694. The highest BCUT2D eigenvalue weighted by Gasteiger charge is 2.18. The highest BCUT2D eigenvalue weighted by atomic mass is 16.5. The Hall–Kier alpha value is -2.04. The quantitative estimate of drug-likeness (QED) is 0.776. The lowest BCUT2D eigenvalue weighted by molar-refractivity contribution is -0.127. The topological polar surface area (TPSA) is 64.6 Å². The molecular weight excluding hydrogens is 234 g/mol. The van der Waals surface area contributed by atoms with Crippen LogP contribution in [0, 0.1) is 0 Å². The van der Waals surface area contributed by atoms with Crippen LogP contribution < -0.4 is 14.8 Å². The van der Waals surface area contributed by atoms with E-state index in [1.165, 1.54) is 7.11 Å². The maximum atomic E-state index is 11.6. The molecule has 1 rings (SSSR count). The Morgan fingerprint density at radius 1 is 1.50 bits per heavy atom. The second-order valence-electron chi connectivity index (χ2n) is 3.65. The number of benzene rings is 1. The van der Waals surface area contributed by atoms with Crippen molar-refractivity contribution in [2.24, 2.45) is 0 Å². The van der Waals surface area contributed by atoms with Gasteiger partial charge in [0.25, 0.3) is 5.91 Å². The van der Waals surface area contributed by atoms with Crippen LogP contribution in [0.1, 0.15) is 24.2 Å².